The molecule has 0 bridgehead atoms. The summed E-state index contributed by atoms with van der Waals surface area (Å²) < 4.78 is 0. The number of hydrogen-bond donors (Lipinski definition) is 0. The van der Waals surface area contributed by atoms with Gasteiger partial charge in [-0.1, -0.05) is 24.3 Å². The van der Waals surface area contributed by atoms with E-state index in [4.69, 9.17) is 16.9 Å². The van der Waals surface area contributed by atoms with Crippen molar-refractivity contribution in [2.75, 3.05) is 0 Å². The Kier molecular flexibility index (Phi) is 3.79. The van der Waals surface area contributed by atoms with Gasteiger partial charge in [0, 0.05) is 11.8 Å². The maximum absolute atomic E-state index is 8.63. The van der Waals surface area contributed by atoms with Gasteiger partial charge in [-0.3, -0.25) is 0 Å². The minimum Gasteiger partial charge on any atom is -0.198 e. The summed E-state index contributed by atoms with van der Waals surface area (Å²) in [5.41, 5.74) is 2.32. The summed E-state index contributed by atoms with van der Waals surface area (Å²) in [6.45, 7) is 1.93. The van der Waals surface area contributed by atoms with Crippen LogP contribution in [0.3, 0.4) is 0 Å². The Bertz CT molecular complexity index is 297. The highest BCUT2D eigenvalue weighted by atomic mass is 35.5. The second-order valence-corrected chi connectivity index (χ2v) is 3.45. The zero-order valence-corrected chi connectivity index (χ0v) is 8.38. The fourth-order valence-electron chi connectivity index (χ4n) is 1.16. The Labute approximate surface area is 84.0 Å². The number of benzene rings is 1. The van der Waals surface area contributed by atoms with Gasteiger partial charge in [-0.2, -0.15) is 5.26 Å². The van der Waals surface area contributed by atoms with E-state index in [2.05, 4.69) is 6.07 Å². The normalized spacial score (nSPS) is 12.1. The van der Waals surface area contributed by atoms with Crippen LogP contribution in [0.25, 0.3) is 0 Å². The fraction of sp³-hybridized carbons (Fsp3) is 0.364. The number of hydrogen-bond acceptors (Lipinski definition) is 1. The van der Waals surface area contributed by atoms with Crippen molar-refractivity contribution in [1.29, 1.82) is 5.26 Å². The van der Waals surface area contributed by atoms with Crippen molar-refractivity contribution in [3.63, 3.8) is 0 Å². The molecule has 0 saturated carbocycles. The maximum Gasteiger partial charge on any atom is 0.0656 e. The predicted octanol–water partition coefficient (Wildman–Crippen LogP) is 3.13. The third kappa shape index (κ3) is 3.08. The van der Waals surface area contributed by atoms with E-state index in [-0.39, 0.29) is 5.92 Å². The van der Waals surface area contributed by atoms with Gasteiger partial charge in [0.15, 0.2) is 0 Å². The lowest BCUT2D eigenvalue weighted by Crippen LogP contribution is -1.95. The maximum atomic E-state index is 8.63. The molecule has 0 N–H and O–H groups in total. The number of halogens is 1. The summed E-state index contributed by atoms with van der Waals surface area (Å²) in [5.74, 6) is 0.635. The molecular weight excluding hydrogens is 182 g/mol. The molecule has 1 aromatic rings. The van der Waals surface area contributed by atoms with E-state index in [1.807, 2.05) is 31.2 Å². The molecule has 1 aromatic carbocycles. The van der Waals surface area contributed by atoms with Crippen molar-refractivity contribution in [3.8, 4) is 6.07 Å². The van der Waals surface area contributed by atoms with Gasteiger partial charge in [0.2, 0.25) is 0 Å². The van der Waals surface area contributed by atoms with E-state index < -0.39 is 0 Å². The molecule has 0 aliphatic carbocycles. The highest BCUT2D eigenvalue weighted by Crippen LogP contribution is 2.10. The zero-order valence-electron chi connectivity index (χ0n) is 7.63. The summed E-state index contributed by atoms with van der Waals surface area (Å²) in [5, 5.41) is 8.63. The van der Waals surface area contributed by atoms with Gasteiger partial charge in [0.25, 0.3) is 0 Å². The summed E-state index contributed by atoms with van der Waals surface area (Å²) in [4.78, 5) is 0. The molecule has 1 atom stereocenters. The molecular formula is C11H12ClN. The molecule has 0 aliphatic heterocycles. The molecule has 0 radical (unpaired) electrons. The first kappa shape index (κ1) is 10.1. The van der Waals surface area contributed by atoms with Crippen molar-refractivity contribution in [2.45, 2.75) is 19.2 Å². The Balaban J connectivity index is 2.65. The van der Waals surface area contributed by atoms with Gasteiger partial charge in [0.1, 0.15) is 0 Å². The van der Waals surface area contributed by atoms with Crippen LogP contribution in [0.5, 0.6) is 0 Å². The largest absolute Gasteiger partial charge is 0.198 e. The second kappa shape index (κ2) is 4.89. The quantitative estimate of drug-likeness (QED) is 0.677. The van der Waals surface area contributed by atoms with Crippen LogP contribution >= 0.6 is 11.6 Å². The number of nitriles is 1. The number of alkyl halides is 1. The average molecular weight is 194 g/mol. The molecule has 0 fully saturated rings. The van der Waals surface area contributed by atoms with Gasteiger partial charge >= 0.3 is 0 Å². The second-order valence-electron chi connectivity index (χ2n) is 3.18. The molecule has 0 aliphatic rings. The van der Waals surface area contributed by atoms with Crippen LogP contribution in [0.2, 0.25) is 0 Å². The summed E-state index contributed by atoms with van der Waals surface area (Å²) >= 11 is 5.66. The molecule has 0 spiro atoms. The van der Waals surface area contributed by atoms with Crippen LogP contribution in [0.15, 0.2) is 24.3 Å². The van der Waals surface area contributed by atoms with Gasteiger partial charge in [-0.15, -0.1) is 11.6 Å². The van der Waals surface area contributed by atoms with Gasteiger partial charge in [-0.25, -0.2) is 0 Å². The van der Waals surface area contributed by atoms with Crippen molar-refractivity contribution in [2.24, 2.45) is 5.92 Å². The first-order valence-corrected chi connectivity index (χ1v) is 4.83. The van der Waals surface area contributed by atoms with Crippen molar-refractivity contribution < 1.29 is 0 Å². The van der Waals surface area contributed by atoms with E-state index in [1.165, 1.54) is 5.56 Å². The topological polar surface area (TPSA) is 23.8 Å². The van der Waals surface area contributed by atoms with Crippen molar-refractivity contribution in [3.05, 3.63) is 35.4 Å². The minimum absolute atomic E-state index is 0.0850. The minimum atomic E-state index is 0.0850. The molecule has 0 amide bonds. The summed E-state index contributed by atoms with van der Waals surface area (Å²) in [6, 6.07) is 10.3. The lowest BCUT2D eigenvalue weighted by molar-refractivity contribution is 0.739. The molecule has 2 heteroatoms. The van der Waals surface area contributed by atoms with E-state index in [9.17, 15) is 0 Å². The standard InChI is InChI=1S/C11H12ClN/c1-9(8-13)6-10-2-4-11(7-12)5-3-10/h2-5,9H,6-7H2,1H3. The smallest absolute Gasteiger partial charge is 0.0656 e. The third-order valence-electron chi connectivity index (χ3n) is 1.94. The molecule has 0 aromatic heterocycles. The van der Waals surface area contributed by atoms with E-state index >= 15 is 0 Å². The lowest BCUT2D eigenvalue weighted by atomic mass is 10.0. The van der Waals surface area contributed by atoms with Crippen LogP contribution in [-0.4, -0.2) is 0 Å². The van der Waals surface area contributed by atoms with Crippen LogP contribution in [-0.2, 0) is 12.3 Å². The summed E-state index contributed by atoms with van der Waals surface area (Å²) in [7, 11) is 0. The highest BCUT2D eigenvalue weighted by Gasteiger charge is 2.00. The van der Waals surface area contributed by atoms with Gasteiger partial charge in [-0.05, 0) is 24.5 Å². The van der Waals surface area contributed by atoms with Crippen LogP contribution in [0.4, 0.5) is 0 Å². The van der Waals surface area contributed by atoms with Gasteiger partial charge < -0.3 is 0 Å². The molecule has 1 nitrogen and oxygen atoms in total. The molecule has 13 heavy (non-hydrogen) atoms. The summed E-state index contributed by atoms with van der Waals surface area (Å²) in [6.07, 6.45) is 0.819. The first-order chi connectivity index (χ1) is 6.26. The van der Waals surface area contributed by atoms with Crippen LogP contribution in [0, 0.1) is 17.2 Å². The molecule has 0 heterocycles. The zero-order chi connectivity index (χ0) is 9.68. The fourth-order valence-corrected chi connectivity index (χ4v) is 1.34. The van der Waals surface area contributed by atoms with Crippen molar-refractivity contribution in [1.82, 2.24) is 0 Å². The lowest BCUT2D eigenvalue weighted by Gasteiger charge is -2.03. The van der Waals surface area contributed by atoms with Gasteiger partial charge in [0.05, 0.1) is 6.07 Å². The molecule has 1 unspecified atom stereocenters. The van der Waals surface area contributed by atoms with E-state index in [1.54, 1.807) is 0 Å². The Morgan fingerprint density at radius 2 is 1.85 bits per heavy atom. The molecule has 68 valence electrons. The van der Waals surface area contributed by atoms with E-state index in [0.717, 1.165) is 12.0 Å². The van der Waals surface area contributed by atoms with Crippen LogP contribution in [0.1, 0.15) is 18.1 Å². The first-order valence-electron chi connectivity index (χ1n) is 4.29. The Morgan fingerprint density at radius 1 is 1.31 bits per heavy atom. The predicted molar refractivity (Wildman–Crippen MR) is 54.5 cm³/mol. The third-order valence-corrected chi connectivity index (χ3v) is 2.25. The SMILES string of the molecule is CC(C#N)Cc1ccc(CCl)cc1. The average Bonchev–Trinajstić information content (AvgIpc) is 2.19. The van der Waals surface area contributed by atoms with Crippen LogP contribution < -0.4 is 0 Å². The highest BCUT2D eigenvalue weighted by molar-refractivity contribution is 6.17. The van der Waals surface area contributed by atoms with Crippen molar-refractivity contribution >= 4 is 11.6 Å². The monoisotopic (exact) mass is 193 g/mol. The Hall–Kier alpha value is -1.00. The van der Waals surface area contributed by atoms with E-state index in [0.29, 0.717) is 5.88 Å². The molecule has 0 saturated heterocycles. The molecule has 1 rings (SSSR count). The number of rotatable bonds is 3. The Morgan fingerprint density at radius 3 is 2.31 bits per heavy atom. The number of nitrogens with zero attached hydrogens (tertiary/aromatic N) is 1.